The molecule has 10 heteroatoms. The average Bonchev–Trinajstić information content (AvgIpc) is 2.84. The van der Waals surface area contributed by atoms with Gasteiger partial charge in [-0.15, -0.1) is 6.42 Å². The molecule has 174 valence electrons. The van der Waals surface area contributed by atoms with Crippen molar-refractivity contribution in [1.82, 2.24) is 14.5 Å². The summed E-state index contributed by atoms with van der Waals surface area (Å²) in [6.45, 7) is 1.64. The molecule has 1 amide bonds. The Morgan fingerprint density at radius 1 is 1.09 bits per heavy atom. The van der Waals surface area contributed by atoms with E-state index < -0.39 is 16.1 Å². The molecule has 1 unspecified atom stereocenters. The zero-order chi connectivity index (χ0) is 24.0. The number of sulfonamides is 1. The maximum absolute atomic E-state index is 12.9. The fourth-order valence-corrected chi connectivity index (χ4v) is 4.68. The van der Waals surface area contributed by atoms with Crippen molar-refractivity contribution in [3.63, 3.8) is 0 Å². The SMILES string of the molecule is C#CCNS(=O)(=O)c1ccc(C(=O)N2CCN(C(C(=O)OC)c3ccc(Cl)cc3)CC2)cc1. The molecule has 2 aromatic rings. The van der Waals surface area contributed by atoms with Crippen molar-refractivity contribution < 1.29 is 22.7 Å². The number of halogens is 1. The summed E-state index contributed by atoms with van der Waals surface area (Å²) in [6, 6.07) is 12.1. The van der Waals surface area contributed by atoms with Gasteiger partial charge in [-0.05, 0) is 42.0 Å². The number of carbonyl (C=O) groups is 2. The summed E-state index contributed by atoms with van der Waals surface area (Å²) in [5, 5.41) is 0.573. The first-order valence-electron chi connectivity index (χ1n) is 10.2. The molecular formula is C23H24ClN3O5S. The molecule has 0 aliphatic carbocycles. The van der Waals surface area contributed by atoms with Gasteiger partial charge in [-0.1, -0.05) is 29.7 Å². The van der Waals surface area contributed by atoms with Gasteiger partial charge in [0, 0.05) is 36.8 Å². The van der Waals surface area contributed by atoms with Crippen LogP contribution in [0.4, 0.5) is 0 Å². The van der Waals surface area contributed by atoms with Gasteiger partial charge < -0.3 is 9.64 Å². The Morgan fingerprint density at radius 2 is 1.70 bits per heavy atom. The van der Waals surface area contributed by atoms with Crippen LogP contribution in [0.3, 0.4) is 0 Å². The second kappa shape index (κ2) is 10.8. The number of hydrogen-bond donors (Lipinski definition) is 1. The van der Waals surface area contributed by atoms with E-state index in [1.165, 1.54) is 31.4 Å². The highest BCUT2D eigenvalue weighted by Gasteiger charge is 2.32. The molecule has 1 aliphatic heterocycles. The number of esters is 1. The number of piperazine rings is 1. The van der Waals surface area contributed by atoms with Crippen LogP contribution in [0.1, 0.15) is 22.0 Å². The van der Waals surface area contributed by atoms with Crippen LogP contribution in [0.2, 0.25) is 5.02 Å². The van der Waals surface area contributed by atoms with Gasteiger partial charge in [-0.3, -0.25) is 9.69 Å². The third-order valence-corrected chi connectivity index (χ3v) is 7.02. The molecular weight excluding hydrogens is 466 g/mol. The molecule has 1 atom stereocenters. The van der Waals surface area contributed by atoms with Crippen molar-refractivity contribution in [2.45, 2.75) is 10.9 Å². The van der Waals surface area contributed by atoms with Crippen molar-refractivity contribution >= 4 is 33.5 Å². The highest BCUT2D eigenvalue weighted by atomic mass is 35.5. The number of nitrogens with one attached hydrogen (secondary N) is 1. The minimum atomic E-state index is -3.72. The third-order valence-electron chi connectivity index (χ3n) is 5.35. The molecule has 0 spiro atoms. The fourth-order valence-electron chi connectivity index (χ4n) is 3.62. The Bertz CT molecular complexity index is 1140. The van der Waals surface area contributed by atoms with E-state index >= 15 is 0 Å². The number of hydrogen-bond acceptors (Lipinski definition) is 6. The molecule has 0 radical (unpaired) electrons. The second-order valence-electron chi connectivity index (χ2n) is 7.36. The van der Waals surface area contributed by atoms with Crippen LogP contribution in [-0.4, -0.2) is 69.9 Å². The molecule has 2 aromatic carbocycles. The minimum absolute atomic E-state index is 0.0306. The van der Waals surface area contributed by atoms with Gasteiger partial charge in [0.25, 0.3) is 5.91 Å². The Kier molecular flexibility index (Phi) is 8.10. The summed E-state index contributed by atoms with van der Waals surface area (Å²) in [5.41, 5.74) is 1.14. The van der Waals surface area contributed by atoms with E-state index in [1.54, 1.807) is 29.2 Å². The highest BCUT2D eigenvalue weighted by Crippen LogP contribution is 2.25. The lowest BCUT2D eigenvalue weighted by Gasteiger charge is -2.38. The zero-order valence-electron chi connectivity index (χ0n) is 18.0. The van der Waals surface area contributed by atoms with Gasteiger partial charge in [0.05, 0.1) is 18.6 Å². The predicted octanol–water partition coefficient (Wildman–Crippen LogP) is 1.92. The first-order chi connectivity index (χ1) is 15.8. The number of amides is 1. The molecule has 0 bridgehead atoms. The van der Waals surface area contributed by atoms with Gasteiger partial charge in [0.15, 0.2) is 0 Å². The number of carbonyl (C=O) groups excluding carboxylic acids is 2. The van der Waals surface area contributed by atoms with Crippen LogP contribution >= 0.6 is 11.6 Å². The smallest absolute Gasteiger partial charge is 0.327 e. The van der Waals surface area contributed by atoms with Gasteiger partial charge in [-0.2, -0.15) is 4.72 Å². The Balaban J connectivity index is 1.67. The molecule has 33 heavy (non-hydrogen) atoms. The molecule has 8 nitrogen and oxygen atoms in total. The predicted molar refractivity (Wildman–Crippen MR) is 124 cm³/mol. The molecule has 0 saturated carbocycles. The van der Waals surface area contributed by atoms with E-state index in [-0.39, 0.29) is 23.3 Å². The van der Waals surface area contributed by atoms with Gasteiger partial charge in [0.2, 0.25) is 10.0 Å². The number of ether oxygens (including phenoxy) is 1. The van der Waals surface area contributed by atoms with Crippen molar-refractivity contribution in [2.75, 3.05) is 39.8 Å². The van der Waals surface area contributed by atoms with Crippen molar-refractivity contribution in [3.8, 4) is 12.3 Å². The Morgan fingerprint density at radius 3 is 2.24 bits per heavy atom. The molecule has 1 aliphatic rings. The van der Waals surface area contributed by atoms with Gasteiger partial charge >= 0.3 is 5.97 Å². The molecule has 1 heterocycles. The van der Waals surface area contributed by atoms with E-state index in [0.29, 0.717) is 36.8 Å². The standard InChI is InChI=1S/C23H24ClN3O5S/c1-3-12-25-33(30,31)20-10-6-18(7-11-20)22(28)27-15-13-26(14-16-27)21(23(29)32-2)17-4-8-19(24)9-5-17/h1,4-11,21,25H,12-16H2,2H3. The van der Waals surface area contributed by atoms with Crippen LogP contribution < -0.4 is 4.72 Å². The Hall–Kier alpha value is -2.90. The number of rotatable bonds is 7. The topological polar surface area (TPSA) is 96.0 Å². The van der Waals surface area contributed by atoms with E-state index in [0.717, 1.165) is 5.56 Å². The first kappa shape index (κ1) is 24.7. The maximum Gasteiger partial charge on any atom is 0.327 e. The number of benzene rings is 2. The lowest BCUT2D eigenvalue weighted by molar-refractivity contribution is -0.148. The van der Waals surface area contributed by atoms with Crippen molar-refractivity contribution in [1.29, 1.82) is 0 Å². The van der Waals surface area contributed by atoms with Crippen molar-refractivity contribution in [2.24, 2.45) is 0 Å². The number of methoxy groups -OCH3 is 1. The van der Waals surface area contributed by atoms with Crippen molar-refractivity contribution in [3.05, 3.63) is 64.7 Å². The Labute approximate surface area is 198 Å². The zero-order valence-corrected chi connectivity index (χ0v) is 19.6. The number of terminal acetylenes is 1. The molecule has 0 aromatic heterocycles. The van der Waals surface area contributed by atoms with E-state index in [4.69, 9.17) is 22.8 Å². The van der Waals surface area contributed by atoms with E-state index in [9.17, 15) is 18.0 Å². The minimum Gasteiger partial charge on any atom is -0.468 e. The summed E-state index contributed by atoms with van der Waals surface area (Å²) < 4.78 is 31.5. The van der Waals surface area contributed by atoms with Crippen LogP contribution in [0.25, 0.3) is 0 Å². The monoisotopic (exact) mass is 489 g/mol. The second-order valence-corrected chi connectivity index (χ2v) is 9.56. The fraction of sp³-hybridized carbons (Fsp3) is 0.304. The molecule has 1 saturated heterocycles. The maximum atomic E-state index is 12.9. The largest absolute Gasteiger partial charge is 0.468 e. The summed E-state index contributed by atoms with van der Waals surface area (Å²) in [6.07, 6.45) is 5.09. The van der Waals surface area contributed by atoms with Crippen LogP contribution in [0.15, 0.2) is 53.4 Å². The van der Waals surface area contributed by atoms with Crippen LogP contribution in [-0.2, 0) is 19.6 Å². The van der Waals surface area contributed by atoms with E-state index in [2.05, 4.69) is 10.6 Å². The van der Waals surface area contributed by atoms with Crippen LogP contribution in [0.5, 0.6) is 0 Å². The summed E-state index contributed by atoms with van der Waals surface area (Å²) in [7, 11) is -2.38. The van der Waals surface area contributed by atoms with Crippen LogP contribution in [0, 0.1) is 12.3 Å². The number of nitrogens with zero attached hydrogens (tertiary/aromatic N) is 2. The lowest BCUT2D eigenvalue weighted by Crippen LogP contribution is -2.51. The van der Waals surface area contributed by atoms with Gasteiger partial charge in [-0.25, -0.2) is 13.2 Å². The molecule has 1 fully saturated rings. The lowest BCUT2D eigenvalue weighted by atomic mass is 10.0. The summed E-state index contributed by atoms with van der Waals surface area (Å²) in [4.78, 5) is 29.1. The molecule has 3 rings (SSSR count). The molecule has 1 N–H and O–H groups in total. The van der Waals surface area contributed by atoms with Gasteiger partial charge in [0.1, 0.15) is 6.04 Å². The average molecular weight is 490 g/mol. The third kappa shape index (κ3) is 5.92. The quantitative estimate of drug-likeness (QED) is 0.471. The summed E-state index contributed by atoms with van der Waals surface area (Å²) in [5.74, 6) is 1.62. The highest BCUT2D eigenvalue weighted by molar-refractivity contribution is 7.89. The first-order valence-corrected chi connectivity index (χ1v) is 12.0. The van der Waals surface area contributed by atoms with E-state index in [1.807, 2.05) is 4.90 Å². The normalized spacial score (nSPS) is 15.5. The summed E-state index contributed by atoms with van der Waals surface area (Å²) >= 11 is 5.97.